The SMILES string of the molecule is CC(C)CCCCC[C@H](NC(=O)OC(C)(C)C)C(=O)N1C[C@H](NC(=O)c2cc3cc(Cl)ccc3[nH]2)C[C@H]1C(=O)NC1(C(=O)NS(=O)(=O)C2CC2)CC1. The summed E-state index contributed by atoms with van der Waals surface area (Å²) in [4.78, 5) is 72.3. The summed E-state index contributed by atoms with van der Waals surface area (Å²) in [5, 5.41) is 9.00. The molecular weight excluding hydrogens is 712 g/mol. The van der Waals surface area contributed by atoms with E-state index in [-0.39, 0.29) is 31.5 Å². The number of fused-ring (bicyclic) bond motifs is 1. The average molecular weight is 763 g/mol. The van der Waals surface area contributed by atoms with Crippen molar-refractivity contribution in [1.29, 1.82) is 0 Å². The van der Waals surface area contributed by atoms with Crippen molar-refractivity contribution in [2.45, 2.75) is 133 Å². The van der Waals surface area contributed by atoms with Crippen molar-refractivity contribution in [3.8, 4) is 0 Å². The van der Waals surface area contributed by atoms with Crippen LogP contribution in [0.15, 0.2) is 24.3 Å². The number of amides is 5. The fraction of sp³-hybridized carbons (Fsp3) is 0.639. The number of H-pyrrole nitrogens is 1. The first-order chi connectivity index (χ1) is 24.4. The van der Waals surface area contributed by atoms with Gasteiger partial charge in [-0.3, -0.25) is 23.9 Å². The third-order valence-electron chi connectivity index (χ3n) is 9.56. The second kappa shape index (κ2) is 15.6. The number of alkyl carbamates (subject to hydrolysis) is 1. The number of benzene rings is 1. The van der Waals surface area contributed by atoms with Crippen molar-refractivity contribution in [2.24, 2.45) is 5.92 Å². The van der Waals surface area contributed by atoms with E-state index in [0.29, 0.717) is 42.1 Å². The summed E-state index contributed by atoms with van der Waals surface area (Å²) in [6, 6.07) is 4.00. The van der Waals surface area contributed by atoms with E-state index < -0.39 is 74.3 Å². The molecule has 1 aromatic heterocycles. The lowest BCUT2D eigenvalue weighted by Gasteiger charge is -2.30. The topological polar surface area (TPSA) is 196 Å². The fourth-order valence-electron chi connectivity index (χ4n) is 6.45. The molecule has 5 amide bonds. The number of nitrogens with zero attached hydrogens (tertiary/aromatic N) is 1. The van der Waals surface area contributed by atoms with Crippen molar-refractivity contribution >= 4 is 62.2 Å². The largest absolute Gasteiger partial charge is 0.444 e. The van der Waals surface area contributed by atoms with Gasteiger partial charge in [-0.15, -0.1) is 0 Å². The van der Waals surface area contributed by atoms with E-state index in [1.54, 1.807) is 45.0 Å². The maximum atomic E-state index is 14.4. The number of sulfonamides is 1. The van der Waals surface area contributed by atoms with Gasteiger partial charge in [-0.05, 0) is 89.5 Å². The number of hydrogen-bond donors (Lipinski definition) is 5. The molecule has 2 saturated carbocycles. The van der Waals surface area contributed by atoms with Crippen LogP contribution in [-0.2, 0) is 29.1 Å². The van der Waals surface area contributed by atoms with Crippen LogP contribution < -0.4 is 20.7 Å². The van der Waals surface area contributed by atoms with Gasteiger partial charge in [0, 0.05) is 28.5 Å². The third kappa shape index (κ3) is 10.2. The Labute approximate surface area is 309 Å². The number of ether oxygens (including phenoxy) is 1. The first-order valence-electron chi connectivity index (χ1n) is 18.1. The van der Waals surface area contributed by atoms with Crippen LogP contribution in [0.25, 0.3) is 10.9 Å². The highest BCUT2D eigenvalue weighted by atomic mass is 35.5. The number of aromatic nitrogens is 1. The van der Waals surface area contributed by atoms with Crippen LogP contribution in [0.3, 0.4) is 0 Å². The fourth-order valence-corrected chi connectivity index (χ4v) is 8.01. The molecule has 3 aliphatic rings. The zero-order chi connectivity index (χ0) is 38.0. The quantitative estimate of drug-likeness (QED) is 0.166. The first kappa shape index (κ1) is 39.4. The van der Waals surface area contributed by atoms with Gasteiger partial charge in [-0.1, -0.05) is 51.1 Å². The van der Waals surface area contributed by atoms with Crippen LogP contribution >= 0.6 is 11.6 Å². The summed E-state index contributed by atoms with van der Waals surface area (Å²) in [5.41, 5.74) is -1.28. The second-order valence-electron chi connectivity index (χ2n) is 15.8. The Morgan fingerprint density at radius 2 is 1.73 bits per heavy atom. The smallest absolute Gasteiger partial charge is 0.408 e. The van der Waals surface area contributed by atoms with Gasteiger partial charge in [-0.25, -0.2) is 13.2 Å². The summed E-state index contributed by atoms with van der Waals surface area (Å²) in [5.74, 6) is -1.92. The molecule has 286 valence electrons. The molecule has 0 unspecified atom stereocenters. The summed E-state index contributed by atoms with van der Waals surface area (Å²) in [6.07, 6.45) is 4.37. The van der Waals surface area contributed by atoms with Crippen LogP contribution in [-0.4, -0.2) is 89.1 Å². The van der Waals surface area contributed by atoms with E-state index >= 15 is 0 Å². The Hall–Kier alpha value is -3.85. The minimum Gasteiger partial charge on any atom is -0.444 e. The van der Waals surface area contributed by atoms with Crippen LogP contribution in [0.2, 0.25) is 5.02 Å². The number of rotatable bonds is 15. The molecule has 0 spiro atoms. The Bertz CT molecular complexity index is 1800. The molecule has 5 rings (SSSR count). The minimum atomic E-state index is -3.85. The highest BCUT2D eigenvalue weighted by Gasteiger charge is 2.55. The van der Waals surface area contributed by atoms with E-state index in [9.17, 15) is 32.4 Å². The minimum absolute atomic E-state index is 0.0149. The summed E-state index contributed by atoms with van der Waals surface area (Å²) in [6.45, 7) is 9.36. The molecule has 0 bridgehead atoms. The van der Waals surface area contributed by atoms with Crippen molar-refractivity contribution in [3.05, 3.63) is 35.0 Å². The van der Waals surface area contributed by atoms with Gasteiger partial charge in [0.25, 0.3) is 11.8 Å². The van der Waals surface area contributed by atoms with E-state index in [1.165, 1.54) is 4.90 Å². The van der Waals surface area contributed by atoms with E-state index in [1.807, 2.05) is 0 Å². The molecule has 5 N–H and O–H groups in total. The zero-order valence-corrected chi connectivity index (χ0v) is 32.0. The standard InChI is InChI=1S/C36H51ClN6O8S/c1-21(2)9-7-6-8-10-27(40-34(48)51-35(3,4)5)32(46)43-20-24(38-30(44)28-18-22-17-23(37)11-14-26(22)39-28)19-29(43)31(45)41-36(15-16-36)33(47)42-52(49,50)25-12-13-25/h11,14,17-18,21,24-25,27,29,39H,6-10,12-13,15-16,19-20H2,1-5H3,(H,38,44)(H,40,48)(H,41,45)(H,42,47)/t24-,27+,29+/m1/s1. The van der Waals surface area contributed by atoms with Crippen molar-refractivity contribution < 1.29 is 37.1 Å². The first-order valence-corrected chi connectivity index (χ1v) is 20.1. The maximum absolute atomic E-state index is 14.4. The summed E-state index contributed by atoms with van der Waals surface area (Å²) >= 11 is 6.12. The van der Waals surface area contributed by atoms with E-state index in [2.05, 4.69) is 39.5 Å². The number of carbonyl (C=O) groups is 5. The predicted molar refractivity (Wildman–Crippen MR) is 196 cm³/mol. The van der Waals surface area contributed by atoms with Gasteiger partial charge in [0.1, 0.15) is 28.9 Å². The molecule has 1 saturated heterocycles. The van der Waals surface area contributed by atoms with E-state index in [4.69, 9.17) is 16.3 Å². The number of likely N-dealkylation sites (tertiary alicyclic amines) is 1. The van der Waals surface area contributed by atoms with Gasteiger partial charge in [0.05, 0.1) is 5.25 Å². The Kier molecular flexibility index (Phi) is 11.8. The highest BCUT2D eigenvalue weighted by molar-refractivity contribution is 7.91. The zero-order valence-electron chi connectivity index (χ0n) is 30.5. The lowest BCUT2D eigenvalue weighted by molar-refractivity contribution is -0.141. The number of hydrogen-bond acceptors (Lipinski definition) is 8. The van der Waals surface area contributed by atoms with Gasteiger partial charge >= 0.3 is 6.09 Å². The molecule has 2 aromatic rings. The molecular formula is C36H51ClN6O8S. The van der Waals surface area contributed by atoms with Crippen molar-refractivity contribution in [1.82, 2.24) is 30.6 Å². The average Bonchev–Trinajstić information content (AvgIpc) is 3.96. The monoisotopic (exact) mass is 762 g/mol. The lowest BCUT2D eigenvalue weighted by atomic mass is 10.0. The Balaban J connectivity index is 1.35. The number of carbonyl (C=O) groups excluding carboxylic acids is 5. The molecule has 3 atom stereocenters. The van der Waals surface area contributed by atoms with Gasteiger partial charge in [0.2, 0.25) is 21.8 Å². The third-order valence-corrected chi connectivity index (χ3v) is 11.6. The highest BCUT2D eigenvalue weighted by Crippen LogP contribution is 2.38. The van der Waals surface area contributed by atoms with Crippen LogP contribution in [0.4, 0.5) is 4.79 Å². The Morgan fingerprint density at radius 3 is 2.37 bits per heavy atom. The van der Waals surface area contributed by atoms with Crippen molar-refractivity contribution in [2.75, 3.05) is 6.54 Å². The number of nitrogens with one attached hydrogen (secondary N) is 5. The van der Waals surface area contributed by atoms with Crippen LogP contribution in [0, 0.1) is 5.92 Å². The molecule has 2 heterocycles. The second-order valence-corrected chi connectivity index (χ2v) is 18.2. The summed E-state index contributed by atoms with van der Waals surface area (Å²) in [7, 11) is -3.85. The molecule has 1 aliphatic heterocycles. The van der Waals surface area contributed by atoms with Crippen LogP contribution in [0.1, 0.15) is 109 Å². The molecule has 52 heavy (non-hydrogen) atoms. The van der Waals surface area contributed by atoms with Crippen molar-refractivity contribution in [3.63, 3.8) is 0 Å². The Morgan fingerprint density at radius 1 is 1.04 bits per heavy atom. The molecule has 2 aliphatic carbocycles. The van der Waals surface area contributed by atoms with Gasteiger partial charge in [-0.2, -0.15) is 0 Å². The number of aromatic amines is 1. The van der Waals surface area contributed by atoms with Crippen LogP contribution in [0.5, 0.6) is 0 Å². The maximum Gasteiger partial charge on any atom is 0.408 e. The molecule has 14 nitrogen and oxygen atoms in total. The van der Waals surface area contributed by atoms with Gasteiger partial charge < -0.3 is 30.6 Å². The normalized spacial score (nSPS) is 20.3. The van der Waals surface area contributed by atoms with E-state index in [0.717, 1.165) is 24.6 Å². The molecule has 16 heteroatoms. The molecule has 0 radical (unpaired) electrons. The lowest BCUT2D eigenvalue weighted by Crippen LogP contribution is -2.57. The molecule has 1 aromatic carbocycles. The number of halogens is 1. The summed E-state index contributed by atoms with van der Waals surface area (Å²) < 4.78 is 32.6. The number of unbranched alkanes of at least 4 members (excludes halogenated alkanes) is 2. The van der Waals surface area contributed by atoms with Gasteiger partial charge in [0.15, 0.2) is 0 Å². The predicted octanol–water partition coefficient (Wildman–Crippen LogP) is 4.28. The molecule has 3 fully saturated rings.